The second-order valence-electron chi connectivity index (χ2n) is 13.9. The lowest BCUT2D eigenvalue weighted by molar-refractivity contribution is -0.870. The number of quaternary nitrogens is 1. The number of hydrogen-bond donors (Lipinski definition) is 0. The number of rotatable bonds is 34. The van der Waals surface area contributed by atoms with Gasteiger partial charge in [-0.3, -0.25) is 14.2 Å². The Bertz CT molecular complexity index is 830. The highest BCUT2D eigenvalue weighted by molar-refractivity contribution is 7.45. The molecule has 10 heteroatoms. The van der Waals surface area contributed by atoms with Crippen molar-refractivity contribution in [2.24, 2.45) is 0 Å². The fourth-order valence-electron chi connectivity index (χ4n) is 5.00. The van der Waals surface area contributed by atoms with Crippen LogP contribution in [0.15, 0.2) is 12.2 Å². The van der Waals surface area contributed by atoms with E-state index >= 15 is 0 Å². The second-order valence-corrected chi connectivity index (χ2v) is 15.4. The Morgan fingerprint density at radius 1 is 0.638 bits per heavy atom. The molecule has 0 fully saturated rings. The summed E-state index contributed by atoms with van der Waals surface area (Å²) in [5, 5.41) is 0. The summed E-state index contributed by atoms with van der Waals surface area (Å²) in [6.07, 6.45) is 28.1. The maximum Gasteiger partial charge on any atom is 0.306 e. The first-order chi connectivity index (χ1) is 22.5. The van der Waals surface area contributed by atoms with Gasteiger partial charge in [-0.05, 0) is 38.5 Å². The predicted molar refractivity (Wildman–Crippen MR) is 190 cm³/mol. The first-order valence-corrected chi connectivity index (χ1v) is 20.4. The fourth-order valence-corrected chi connectivity index (χ4v) is 5.73. The number of esters is 2. The molecule has 0 aromatic heterocycles. The van der Waals surface area contributed by atoms with Crippen LogP contribution in [0.25, 0.3) is 0 Å². The van der Waals surface area contributed by atoms with Gasteiger partial charge in [0.25, 0.3) is 7.82 Å². The quantitative estimate of drug-likeness (QED) is 0.0216. The fraction of sp³-hybridized carbons (Fsp3) is 0.892. The first-order valence-electron chi connectivity index (χ1n) is 18.9. The van der Waals surface area contributed by atoms with E-state index in [1.807, 2.05) is 21.1 Å². The molecule has 0 saturated carbocycles. The van der Waals surface area contributed by atoms with Crippen molar-refractivity contribution in [3.05, 3.63) is 12.2 Å². The van der Waals surface area contributed by atoms with Crippen LogP contribution in [0.1, 0.15) is 162 Å². The number of ether oxygens (including phenoxy) is 2. The molecule has 1 unspecified atom stereocenters. The first kappa shape index (κ1) is 45.8. The van der Waals surface area contributed by atoms with Crippen molar-refractivity contribution in [1.29, 1.82) is 0 Å². The molecule has 0 bridgehead atoms. The molecule has 0 aromatic rings. The van der Waals surface area contributed by atoms with E-state index in [-0.39, 0.29) is 26.1 Å². The van der Waals surface area contributed by atoms with Crippen LogP contribution in [-0.4, -0.2) is 70.0 Å². The Kier molecular flexibility index (Phi) is 30.0. The summed E-state index contributed by atoms with van der Waals surface area (Å²) < 4.78 is 33.7. The van der Waals surface area contributed by atoms with Crippen molar-refractivity contribution in [2.75, 3.05) is 47.5 Å². The number of phosphoric acid groups is 1. The van der Waals surface area contributed by atoms with Gasteiger partial charge in [-0.25, -0.2) is 0 Å². The minimum Gasteiger partial charge on any atom is -0.756 e. The van der Waals surface area contributed by atoms with Gasteiger partial charge in [0, 0.05) is 12.8 Å². The van der Waals surface area contributed by atoms with Crippen LogP contribution in [0.2, 0.25) is 0 Å². The monoisotopic (exact) mass is 689 g/mol. The Balaban J connectivity index is 4.44. The van der Waals surface area contributed by atoms with Gasteiger partial charge in [-0.1, -0.05) is 122 Å². The highest BCUT2D eigenvalue weighted by Crippen LogP contribution is 2.38. The van der Waals surface area contributed by atoms with Crippen LogP contribution < -0.4 is 4.89 Å². The lowest BCUT2D eigenvalue weighted by Crippen LogP contribution is -2.37. The lowest BCUT2D eigenvalue weighted by atomic mass is 10.1. The number of likely N-dealkylation sites (N-methyl/N-ethyl adjacent to an activating group) is 1. The van der Waals surface area contributed by atoms with Crippen LogP contribution in [-0.2, 0) is 32.7 Å². The van der Waals surface area contributed by atoms with E-state index in [4.69, 9.17) is 18.5 Å². The molecule has 0 rings (SSSR count). The number of hydrogen-bond acceptors (Lipinski definition) is 8. The van der Waals surface area contributed by atoms with E-state index in [0.717, 1.165) is 57.8 Å². The predicted octanol–water partition coefficient (Wildman–Crippen LogP) is 9.22. The van der Waals surface area contributed by atoms with E-state index < -0.39 is 32.5 Å². The van der Waals surface area contributed by atoms with Crippen molar-refractivity contribution in [2.45, 2.75) is 168 Å². The van der Waals surface area contributed by atoms with Crippen molar-refractivity contribution >= 4 is 19.8 Å². The molecule has 0 amide bonds. The molecule has 47 heavy (non-hydrogen) atoms. The smallest absolute Gasteiger partial charge is 0.306 e. The minimum absolute atomic E-state index is 0.0295. The molecule has 0 radical (unpaired) electrons. The summed E-state index contributed by atoms with van der Waals surface area (Å²) >= 11 is 0. The lowest BCUT2D eigenvalue weighted by Gasteiger charge is -2.28. The summed E-state index contributed by atoms with van der Waals surface area (Å²) in [4.78, 5) is 37.2. The van der Waals surface area contributed by atoms with Crippen LogP contribution in [0.3, 0.4) is 0 Å². The van der Waals surface area contributed by atoms with Gasteiger partial charge in [0.1, 0.15) is 19.8 Å². The van der Waals surface area contributed by atoms with Gasteiger partial charge in [0.15, 0.2) is 6.10 Å². The average molecular weight is 690 g/mol. The Morgan fingerprint density at radius 2 is 1.09 bits per heavy atom. The molecule has 0 saturated heterocycles. The molecule has 0 aliphatic rings. The van der Waals surface area contributed by atoms with Gasteiger partial charge in [-0.2, -0.15) is 0 Å². The molecular weight excluding hydrogens is 617 g/mol. The van der Waals surface area contributed by atoms with Gasteiger partial charge >= 0.3 is 11.9 Å². The Hall–Kier alpha value is -1.25. The van der Waals surface area contributed by atoms with E-state index in [1.165, 1.54) is 70.6 Å². The van der Waals surface area contributed by atoms with Crippen LogP contribution >= 0.6 is 7.82 Å². The third kappa shape index (κ3) is 34.4. The largest absolute Gasteiger partial charge is 0.756 e. The van der Waals surface area contributed by atoms with E-state index in [0.29, 0.717) is 17.4 Å². The van der Waals surface area contributed by atoms with Crippen molar-refractivity contribution in [3.63, 3.8) is 0 Å². The summed E-state index contributed by atoms with van der Waals surface area (Å²) in [5.41, 5.74) is 0. The van der Waals surface area contributed by atoms with Crippen molar-refractivity contribution in [1.82, 2.24) is 0 Å². The van der Waals surface area contributed by atoms with Crippen LogP contribution in [0.4, 0.5) is 0 Å². The number of unbranched alkanes of at least 4 members (excludes halogenated alkanes) is 18. The molecule has 0 aliphatic carbocycles. The molecule has 0 aliphatic heterocycles. The van der Waals surface area contributed by atoms with Crippen LogP contribution in [0, 0.1) is 0 Å². The number of allylic oxidation sites excluding steroid dienone is 2. The summed E-state index contributed by atoms with van der Waals surface area (Å²) in [5.74, 6) is -0.844. The zero-order chi connectivity index (χ0) is 35.1. The minimum atomic E-state index is -4.61. The number of nitrogens with zero attached hydrogens (tertiary/aromatic N) is 1. The molecule has 9 nitrogen and oxygen atoms in total. The normalized spacial score (nSPS) is 13.9. The topological polar surface area (TPSA) is 111 Å². The SMILES string of the molecule is CCCCCC/C=C/CCCCCCCC(=O)OC[C@H](COP(=O)([O-])OCC[N+](C)(C)C)OC(=O)CCCCCCCCCCCC. The zero-order valence-corrected chi connectivity index (χ0v) is 31.9. The van der Waals surface area contributed by atoms with Crippen molar-refractivity contribution < 1.29 is 42.1 Å². The molecule has 0 aromatic carbocycles. The molecule has 2 atom stereocenters. The Morgan fingerprint density at radius 3 is 1.60 bits per heavy atom. The van der Waals surface area contributed by atoms with E-state index in [9.17, 15) is 19.0 Å². The summed E-state index contributed by atoms with van der Waals surface area (Å²) in [7, 11) is 1.16. The second kappa shape index (κ2) is 30.8. The molecule has 0 heterocycles. The Labute approximate surface area is 288 Å². The van der Waals surface area contributed by atoms with Gasteiger partial charge in [0.2, 0.25) is 0 Å². The number of carbonyl (C=O) groups excluding carboxylic acids is 2. The molecular formula is C37H72NO8P. The van der Waals surface area contributed by atoms with Gasteiger partial charge < -0.3 is 27.9 Å². The summed E-state index contributed by atoms with van der Waals surface area (Å²) in [6, 6.07) is 0. The zero-order valence-electron chi connectivity index (χ0n) is 31.0. The highest BCUT2D eigenvalue weighted by atomic mass is 31.2. The van der Waals surface area contributed by atoms with Gasteiger partial charge in [0.05, 0.1) is 27.7 Å². The van der Waals surface area contributed by atoms with E-state index in [1.54, 1.807) is 0 Å². The van der Waals surface area contributed by atoms with Gasteiger partial charge in [-0.15, -0.1) is 0 Å². The summed E-state index contributed by atoms with van der Waals surface area (Å²) in [6.45, 7) is 4.17. The molecule has 0 N–H and O–H groups in total. The highest BCUT2D eigenvalue weighted by Gasteiger charge is 2.21. The average Bonchev–Trinajstić information content (AvgIpc) is 3.01. The number of carbonyl (C=O) groups is 2. The molecule has 0 spiro atoms. The van der Waals surface area contributed by atoms with Crippen molar-refractivity contribution in [3.8, 4) is 0 Å². The standard InChI is InChI=1S/C37H72NO8P/c1-6-8-10-12-14-16-18-19-20-22-23-25-27-29-36(39)43-33-35(34-45-47(41,42)44-32-31-38(3,4)5)46-37(40)30-28-26-24-21-17-15-13-11-9-7-2/h16,18,35H,6-15,17,19-34H2,1-5H3/b18-16+/t35-/m1/s1. The third-order valence-corrected chi connectivity index (χ3v) is 9.00. The van der Waals surface area contributed by atoms with E-state index in [2.05, 4.69) is 26.0 Å². The molecule has 278 valence electrons. The van der Waals surface area contributed by atoms with Crippen LogP contribution in [0.5, 0.6) is 0 Å². The maximum absolute atomic E-state index is 12.5. The maximum atomic E-state index is 12.5. The third-order valence-electron chi connectivity index (χ3n) is 8.04. The number of phosphoric ester groups is 1.